The number of hydrogen-bond acceptors (Lipinski definition) is 5. The number of nitrogens with zero attached hydrogens (tertiary/aromatic N) is 3. The topological polar surface area (TPSA) is 45.7 Å². The van der Waals surface area contributed by atoms with E-state index in [1.54, 1.807) is 0 Å². The van der Waals surface area contributed by atoms with Crippen molar-refractivity contribution in [2.24, 2.45) is 5.41 Å². The minimum atomic E-state index is -0.363. The number of likely N-dealkylation sites (tertiary alicyclic amines) is 1. The summed E-state index contributed by atoms with van der Waals surface area (Å²) in [6, 6.07) is 4.28. The molecule has 3 heterocycles. The average Bonchev–Trinajstić information content (AvgIpc) is 3.18. The summed E-state index contributed by atoms with van der Waals surface area (Å²) in [5.41, 5.74) is 0.842. The van der Waals surface area contributed by atoms with Crippen molar-refractivity contribution in [3.05, 3.63) is 23.9 Å². The highest BCUT2D eigenvalue weighted by molar-refractivity contribution is 5.77. The number of hydrogen-bond donors (Lipinski definition) is 0. The van der Waals surface area contributed by atoms with Crippen molar-refractivity contribution in [2.75, 3.05) is 38.2 Å². The number of ether oxygens (including phenoxy) is 1. The third kappa shape index (κ3) is 3.09. The van der Waals surface area contributed by atoms with Crippen LogP contribution >= 0.6 is 0 Å². The van der Waals surface area contributed by atoms with E-state index in [4.69, 9.17) is 4.74 Å². The standard InChI is InChI=1S/C17H25N3O2/c1-17(16(21)22-2)7-10-19(13-17)12-14-5-6-15(18-11-14)20-8-3-4-9-20/h5-6,11H,3-4,7-10,12-13H2,1-2H3. The van der Waals surface area contributed by atoms with Crippen LogP contribution in [0.4, 0.5) is 5.82 Å². The van der Waals surface area contributed by atoms with Gasteiger partial charge in [0.15, 0.2) is 0 Å². The summed E-state index contributed by atoms with van der Waals surface area (Å²) >= 11 is 0. The number of pyridine rings is 1. The maximum Gasteiger partial charge on any atom is 0.312 e. The van der Waals surface area contributed by atoms with Gasteiger partial charge in [-0.15, -0.1) is 0 Å². The quantitative estimate of drug-likeness (QED) is 0.797. The van der Waals surface area contributed by atoms with Crippen LogP contribution in [0.15, 0.2) is 18.3 Å². The van der Waals surface area contributed by atoms with Crippen LogP contribution in [-0.2, 0) is 16.1 Å². The van der Waals surface area contributed by atoms with E-state index in [1.165, 1.54) is 25.5 Å². The monoisotopic (exact) mass is 303 g/mol. The Morgan fingerprint density at radius 2 is 2.09 bits per heavy atom. The van der Waals surface area contributed by atoms with Crippen LogP contribution in [0.1, 0.15) is 31.7 Å². The molecule has 120 valence electrons. The second-order valence-corrected chi connectivity index (χ2v) is 6.73. The summed E-state index contributed by atoms with van der Waals surface area (Å²) in [5, 5.41) is 0. The van der Waals surface area contributed by atoms with Crippen molar-refractivity contribution < 1.29 is 9.53 Å². The van der Waals surface area contributed by atoms with Gasteiger partial charge in [0.25, 0.3) is 0 Å². The number of esters is 1. The Morgan fingerprint density at radius 1 is 1.32 bits per heavy atom. The predicted molar refractivity (Wildman–Crippen MR) is 85.7 cm³/mol. The first-order valence-electron chi connectivity index (χ1n) is 8.11. The Kier molecular flexibility index (Phi) is 4.34. The van der Waals surface area contributed by atoms with Crippen LogP contribution in [0.25, 0.3) is 0 Å². The lowest BCUT2D eigenvalue weighted by atomic mass is 9.90. The van der Waals surface area contributed by atoms with Crippen LogP contribution in [-0.4, -0.2) is 49.1 Å². The van der Waals surface area contributed by atoms with Gasteiger partial charge in [0, 0.05) is 32.4 Å². The summed E-state index contributed by atoms with van der Waals surface area (Å²) < 4.78 is 4.92. The lowest BCUT2D eigenvalue weighted by Crippen LogP contribution is -2.32. The van der Waals surface area contributed by atoms with Crippen molar-refractivity contribution in [3.8, 4) is 0 Å². The third-order valence-electron chi connectivity index (χ3n) is 4.88. The van der Waals surface area contributed by atoms with E-state index in [-0.39, 0.29) is 11.4 Å². The second-order valence-electron chi connectivity index (χ2n) is 6.73. The first kappa shape index (κ1) is 15.3. The first-order chi connectivity index (χ1) is 10.6. The van der Waals surface area contributed by atoms with E-state index in [2.05, 4.69) is 26.9 Å². The van der Waals surface area contributed by atoms with E-state index in [0.29, 0.717) is 0 Å². The van der Waals surface area contributed by atoms with Crippen LogP contribution < -0.4 is 4.90 Å². The van der Waals surface area contributed by atoms with Gasteiger partial charge in [0.1, 0.15) is 5.82 Å². The smallest absolute Gasteiger partial charge is 0.312 e. The summed E-state index contributed by atoms with van der Waals surface area (Å²) in [6.07, 6.45) is 5.37. The Morgan fingerprint density at radius 3 is 2.73 bits per heavy atom. The van der Waals surface area contributed by atoms with E-state index in [0.717, 1.165) is 45.0 Å². The van der Waals surface area contributed by atoms with Gasteiger partial charge < -0.3 is 9.64 Å². The molecule has 5 nitrogen and oxygen atoms in total. The minimum absolute atomic E-state index is 0.0995. The fraction of sp³-hybridized carbons (Fsp3) is 0.647. The highest BCUT2D eigenvalue weighted by atomic mass is 16.5. The van der Waals surface area contributed by atoms with Gasteiger partial charge >= 0.3 is 5.97 Å². The minimum Gasteiger partial charge on any atom is -0.469 e. The summed E-state index contributed by atoms with van der Waals surface area (Å²) in [5.74, 6) is 0.986. The molecule has 22 heavy (non-hydrogen) atoms. The van der Waals surface area contributed by atoms with Crippen LogP contribution in [0.5, 0.6) is 0 Å². The molecule has 2 fully saturated rings. The Bertz CT molecular complexity index is 525. The van der Waals surface area contributed by atoms with E-state index in [1.807, 2.05) is 13.1 Å². The third-order valence-corrected chi connectivity index (χ3v) is 4.88. The largest absolute Gasteiger partial charge is 0.469 e. The molecule has 0 spiro atoms. The molecule has 1 aromatic rings. The Labute approximate surface area is 132 Å². The van der Waals surface area contributed by atoms with Gasteiger partial charge in [-0.3, -0.25) is 9.69 Å². The highest BCUT2D eigenvalue weighted by Gasteiger charge is 2.41. The molecule has 0 radical (unpaired) electrons. The number of carbonyl (C=O) groups is 1. The van der Waals surface area contributed by atoms with Crippen LogP contribution in [0.2, 0.25) is 0 Å². The molecule has 1 unspecified atom stereocenters. The van der Waals surface area contributed by atoms with Gasteiger partial charge in [-0.05, 0) is 44.4 Å². The Hall–Kier alpha value is -1.62. The van der Waals surface area contributed by atoms with Crippen molar-refractivity contribution in [3.63, 3.8) is 0 Å². The van der Waals surface area contributed by atoms with Gasteiger partial charge in [0.2, 0.25) is 0 Å². The molecule has 1 atom stereocenters. The molecular weight excluding hydrogens is 278 g/mol. The first-order valence-corrected chi connectivity index (χ1v) is 8.11. The molecule has 1 aromatic heterocycles. The number of anilines is 1. The zero-order valence-corrected chi connectivity index (χ0v) is 13.5. The molecule has 0 aromatic carbocycles. The number of rotatable bonds is 4. The molecule has 2 aliphatic heterocycles. The van der Waals surface area contributed by atoms with E-state index in [9.17, 15) is 4.79 Å². The highest BCUT2D eigenvalue weighted by Crippen LogP contribution is 2.32. The van der Waals surface area contributed by atoms with E-state index < -0.39 is 0 Å². The molecule has 0 bridgehead atoms. The molecule has 0 aliphatic carbocycles. The van der Waals surface area contributed by atoms with Crippen molar-refractivity contribution in [1.82, 2.24) is 9.88 Å². The SMILES string of the molecule is COC(=O)C1(C)CCN(Cc2ccc(N3CCCC3)nc2)C1. The van der Waals surface area contributed by atoms with E-state index >= 15 is 0 Å². The predicted octanol–water partition coefficient (Wildman–Crippen LogP) is 2.07. The Balaban J connectivity index is 1.58. The van der Waals surface area contributed by atoms with Crippen LogP contribution in [0, 0.1) is 5.41 Å². The summed E-state index contributed by atoms with van der Waals surface area (Å²) in [7, 11) is 1.47. The average molecular weight is 303 g/mol. The lowest BCUT2D eigenvalue weighted by molar-refractivity contribution is -0.151. The fourth-order valence-electron chi connectivity index (χ4n) is 3.51. The van der Waals surface area contributed by atoms with Crippen molar-refractivity contribution >= 4 is 11.8 Å². The molecule has 2 aliphatic rings. The summed E-state index contributed by atoms with van der Waals surface area (Å²) in [4.78, 5) is 21.1. The number of methoxy groups -OCH3 is 1. The number of aromatic nitrogens is 1. The molecule has 5 heteroatoms. The molecule has 2 saturated heterocycles. The molecule has 0 saturated carbocycles. The fourth-order valence-corrected chi connectivity index (χ4v) is 3.51. The maximum absolute atomic E-state index is 11.9. The molecule has 0 N–H and O–H groups in total. The second kappa shape index (κ2) is 6.24. The van der Waals surface area contributed by atoms with Crippen molar-refractivity contribution in [1.29, 1.82) is 0 Å². The normalized spacial score (nSPS) is 25.6. The molecule has 3 rings (SSSR count). The van der Waals surface area contributed by atoms with Gasteiger partial charge in [-0.25, -0.2) is 4.98 Å². The van der Waals surface area contributed by atoms with Crippen molar-refractivity contribution in [2.45, 2.75) is 32.7 Å². The maximum atomic E-state index is 11.9. The molecular formula is C17H25N3O2. The van der Waals surface area contributed by atoms with Gasteiger partial charge in [-0.1, -0.05) is 6.07 Å². The number of carbonyl (C=O) groups excluding carboxylic acids is 1. The lowest BCUT2D eigenvalue weighted by Gasteiger charge is -2.22. The van der Waals surface area contributed by atoms with Gasteiger partial charge in [0.05, 0.1) is 12.5 Å². The summed E-state index contributed by atoms with van der Waals surface area (Å²) in [6.45, 7) is 6.77. The zero-order valence-electron chi connectivity index (χ0n) is 13.5. The van der Waals surface area contributed by atoms with Crippen LogP contribution in [0.3, 0.4) is 0 Å². The van der Waals surface area contributed by atoms with Gasteiger partial charge in [-0.2, -0.15) is 0 Å². The molecule has 0 amide bonds. The zero-order chi connectivity index (χ0) is 15.6.